The quantitative estimate of drug-likeness (QED) is 0.432. The van der Waals surface area contributed by atoms with Crippen LogP contribution < -0.4 is 0 Å². The monoisotopic (exact) mass is 166 g/mol. The molecule has 0 bridgehead atoms. The molecule has 1 nitrogen and oxygen atoms in total. The largest absolute Gasteiger partial charge is 0.303 e. The van der Waals surface area contributed by atoms with Gasteiger partial charge in [-0.15, -0.1) is 0 Å². The van der Waals surface area contributed by atoms with E-state index in [0.717, 1.165) is 12.7 Å². The van der Waals surface area contributed by atoms with Gasteiger partial charge in [0, 0.05) is 5.92 Å². The van der Waals surface area contributed by atoms with Crippen molar-refractivity contribution in [1.29, 1.82) is 0 Å². The summed E-state index contributed by atoms with van der Waals surface area (Å²) in [6.45, 7) is 6.41. The van der Waals surface area contributed by atoms with E-state index in [4.69, 9.17) is 0 Å². The van der Waals surface area contributed by atoms with Gasteiger partial charge < -0.3 is 4.79 Å². The van der Waals surface area contributed by atoms with Crippen molar-refractivity contribution >= 4 is 6.29 Å². The van der Waals surface area contributed by atoms with E-state index >= 15 is 0 Å². The van der Waals surface area contributed by atoms with E-state index in [2.05, 4.69) is 19.9 Å². The summed E-state index contributed by atoms with van der Waals surface area (Å²) in [5.74, 6) is 0.163. The predicted octanol–water partition coefficient (Wildman–Crippen LogP) is 2.96. The second-order valence-electron chi connectivity index (χ2n) is 4.32. The molecule has 0 radical (unpaired) electrons. The third-order valence-electron chi connectivity index (χ3n) is 3.03. The number of hydrogen-bond donors (Lipinski definition) is 0. The third kappa shape index (κ3) is 1.60. The minimum atomic E-state index is 0.163. The molecule has 1 fully saturated rings. The first kappa shape index (κ1) is 9.50. The Labute approximate surface area is 74.9 Å². The van der Waals surface area contributed by atoms with Crippen LogP contribution in [-0.4, -0.2) is 6.29 Å². The van der Waals surface area contributed by atoms with Crippen LogP contribution in [0.1, 0.15) is 40.0 Å². The lowest BCUT2D eigenvalue weighted by molar-refractivity contribution is -0.113. The molecular weight excluding hydrogens is 148 g/mol. The highest BCUT2D eigenvalue weighted by Crippen LogP contribution is 2.42. The van der Waals surface area contributed by atoms with Crippen LogP contribution in [-0.2, 0) is 4.79 Å². The average Bonchev–Trinajstić information content (AvgIpc) is 2.02. The van der Waals surface area contributed by atoms with Crippen LogP contribution in [0.4, 0.5) is 0 Å². The lowest BCUT2D eigenvalue weighted by Gasteiger charge is -2.37. The molecule has 0 aromatic heterocycles. The van der Waals surface area contributed by atoms with Crippen molar-refractivity contribution in [3.63, 3.8) is 0 Å². The van der Waals surface area contributed by atoms with Gasteiger partial charge in [-0.1, -0.05) is 25.5 Å². The van der Waals surface area contributed by atoms with Crippen LogP contribution in [0.3, 0.4) is 0 Å². The van der Waals surface area contributed by atoms with Gasteiger partial charge in [-0.05, 0) is 31.6 Å². The molecule has 1 heteroatoms. The molecule has 1 rings (SSSR count). The van der Waals surface area contributed by atoms with Crippen molar-refractivity contribution < 1.29 is 4.79 Å². The number of allylic oxidation sites excluding steroid dienone is 2. The molecule has 0 aromatic rings. The number of carbonyl (C=O) groups excluding carboxylic acids is 1. The number of carbonyl (C=O) groups is 1. The molecule has 1 saturated carbocycles. The zero-order chi connectivity index (χ0) is 9.19. The highest BCUT2D eigenvalue weighted by atomic mass is 16.1. The molecule has 1 aliphatic rings. The smallest absolute Gasteiger partial charge is 0.127 e. The first-order chi connectivity index (χ1) is 5.61. The summed E-state index contributed by atoms with van der Waals surface area (Å²) < 4.78 is 0. The summed E-state index contributed by atoms with van der Waals surface area (Å²) in [6.07, 6.45) is 6.75. The topological polar surface area (TPSA) is 17.1 Å². The van der Waals surface area contributed by atoms with Crippen LogP contribution in [0.2, 0.25) is 0 Å². The van der Waals surface area contributed by atoms with Crippen molar-refractivity contribution in [2.75, 3.05) is 0 Å². The summed E-state index contributed by atoms with van der Waals surface area (Å²) >= 11 is 0. The standard InChI is InChI=1S/C11H18O/c1-4-9-6-5-7-11(2,3)10(9)8-12/h4,8,10H,5-7H2,1-3H3. The van der Waals surface area contributed by atoms with Crippen molar-refractivity contribution in [3.8, 4) is 0 Å². The summed E-state index contributed by atoms with van der Waals surface area (Å²) in [5, 5.41) is 0. The Hall–Kier alpha value is -0.590. The zero-order valence-electron chi connectivity index (χ0n) is 8.26. The van der Waals surface area contributed by atoms with Gasteiger partial charge in [-0.2, -0.15) is 0 Å². The van der Waals surface area contributed by atoms with Crippen molar-refractivity contribution in [3.05, 3.63) is 11.6 Å². The van der Waals surface area contributed by atoms with Crippen LogP contribution in [0.5, 0.6) is 0 Å². The van der Waals surface area contributed by atoms with E-state index in [1.165, 1.54) is 18.4 Å². The Kier molecular flexibility index (Phi) is 2.71. The third-order valence-corrected chi connectivity index (χ3v) is 3.03. The zero-order valence-corrected chi connectivity index (χ0v) is 8.26. The van der Waals surface area contributed by atoms with E-state index in [1.54, 1.807) is 0 Å². The van der Waals surface area contributed by atoms with Gasteiger partial charge in [-0.25, -0.2) is 0 Å². The van der Waals surface area contributed by atoms with Crippen molar-refractivity contribution in [2.45, 2.75) is 40.0 Å². The lowest BCUT2D eigenvalue weighted by Crippen LogP contribution is -2.30. The SMILES string of the molecule is CC=C1CCCC(C)(C)C1C=O. The molecule has 1 unspecified atom stereocenters. The highest BCUT2D eigenvalue weighted by Gasteiger charge is 2.34. The van der Waals surface area contributed by atoms with Crippen LogP contribution in [0.25, 0.3) is 0 Å². The van der Waals surface area contributed by atoms with E-state index in [0.29, 0.717) is 0 Å². The predicted molar refractivity (Wildman–Crippen MR) is 50.9 cm³/mol. The lowest BCUT2D eigenvalue weighted by atomic mass is 9.67. The molecule has 1 aliphatic carbocycles. The molecule has 12 heavy (non-hydrogen) atoms. The summed E-state index contributed by atoms with van der Waals surface area (Å²) in [7, 11) is 0. The van der Waals surface area contributed by atoms with E-state index < -0.39 is 0 Å². The minimum Gasteiger partial charge on any atom is -0.303 e. The molecule has 0 aromatic carbocycles. The van der Waals surface area contributed by atoms with Gasteiger partial charge in [0.25, 0.3) is 0 Å². The van der Waals surface area contributed by atoms with Crippen molar-refractivity contribution in [2.24, 2.45) is 11.3 Å². The minimum absolute atomic E-state index is 0.163. The fourth-order valence-electron chi connectivity index (χ4n) is 2.16. The van der Waals surface area contributed by atoms with E-state index in [1.807, 2.05) is 6.92 Å². The maximum absolute atomic E-state index is 10.9. The average molecular weight is 166 g/mol. The van der Waals surface area contributed by atoms with Crippen LogP contribution in [0.15, 0.2) is 11.6 Å². The molecule has 1 atom stereocenters. The molecule has 0 aliphatic heterocycles. The Bertz CT molecular complexity index is 201. The molecule has 0 amide bonds. The van der Waals surface area contributed by atoms with Gasteiger partial charge in [-0.3, -0.25) is 0 Å². The molecule has 0 heterocycles. The van der Waals surface area contributed by atoms with Crippen LogP contribution >= 0.6 is 0 Å². The van der Waals surface area contributed by atoms with Gasteiger partial charge in [0.05, 0.1) is 0 Å². The molecule has 0 spiro atoms. The van der Waals surface area contributed by atoms with E-state index in [9.17, 15) is 4.79 Å². The molecule has 0 saturated heterocycles. The second-order valence-corrected chi connectivity index (χ2v) is 4.32. The number of aldehydes is 1. The number of hydrogen-bond acceptors (Lipinski definition) is 1. The summed E-state index contributed by atoms with van der Waals surface area (Å²) in [6, 6.07) is 0. The summed E-state index contributed by atoms with van der Waals surface area (Å²) in [4.78, 5) is 10.9. The Balaban J connectivity index is 2.88. The molecule has 68 valence electrons. The first-order valence-corrected chi connectivity index (χ1v) is 4.72. The van der Waals surface area contributed by atoms with E-state index in [-0.39, 0.29) is 11.3 Å². The number of rotatable bonds is 1. The normalized spacial score (nSPS) is 31.9. The van der Waals surface area contributed by atoms with Gasteiger partial charge in [0.15, 0.2) is 0 Å². The van der Waals surface area contributed by atoms with Gasteiger partial charge >= 0.3 is 0 Å². The molecule has 0 N–H and O–H groups in total. The fourth-order valence-corrected chi connectivity index (χ4v) is 2.16. The molecular formula is C11H18O. The maximum atomic E-state index is 10.9. The fraction of sp³-hybridized carbons (Fsp3) is 0.727. The Morgan fingerprint density at radius 2 is 2.17 bits per heavy atom. The van der Waals surface area contributed by atoms with Crippen LogP contribution in [0, 0.1) is 11.3 Å². The second kappa shape index (κ2) is 3.42. The Morgan fingerprint density at radius 3 is 2.58 bits per heavy atom. The van der Waals surface area contributed by atoms with Gasteiger partial charge in [0.1, 0.15) is 6.29 Å². The highest BCUT2D eigenvalue weighted by molar-refractivity contribution is 5.60. The first-order valence-electron chi connectivity index (χ1n) is 4.72. The maximum Gasteiger partial charge on any atom is 0.127 e. The Morgan fingerprint density at radius 1 is 1.50 bits per heavy atom. The summed E-state index contributed by atoms with van der Waals surface area (Å²) in [5.41, 5.74) is 1.52. The van der Waals surface area contributed by atoms with Gasteiger partial charge in [0.2, 0.25) is 0 Å². The van der Waals surface area contributed by atoms with Crippen molar-refractivity contribution in [1.82, 2.24) is 0 Å².